The van der Waals surface area contributed by atoms with Crippen LogP contribution in [0.5, 0.6) is 5.75 Å². The molecule has 1 unspecified atom stereocenters. The zero-order valence-electron chi connectivity index (χ0n) is 9.67. The summed E-state index contributed by atoms with van der Waals surface area (Å²) < 4.78 is 11.0. The summed E-state index contributed by atoms with van der Waals surface area (Å²) >= 11 is 0. The third-order valence-electron chi connectivity index (χ3n) is 3.06. The molecule has 1 heterocycles. The molecule has 0 saturated carbocycles. The first-order valence-electron chi connectivity index (χ1n) is 5.49. The van der Waals surface area contributed by atoms with Gasteiger partial charge >= 0.3 is 0 Å². The summed E-state index contributed by atoms with van der Waals surface area (Å²) in [6.07, 6.45) is 2.62. The maximum Gasteiger partial charge on any atom is 0.122 e. The normalized spacial score (nSPS) is 20.6. The molecule has 82 valence electrons. The Morgan fingerprint density at radius 3 is 2.67 bits per heavy atom. The summed E-state index contributed by atoms with van der Waals surface area (Å²) in [5.74, 6) is 0.967. The van der Waals surface area contributed by atoms with Gasteiger partial charge in [0.1, 0.15) is 5.75 Å². The van der Waals surface area contributed by atoms with Crippen LogP contribution in [0.25, 0.3) is 0 Å². The van der Waals surface area contributed by atoms with Gasteiger partial charge in [-0.3, -0.25) is 0 Å². The Kier molecular flexibility index (Phi) is 2.96. The fourth-order valence-electron chi connectivity index (χ4n) is 2.20. The molecule has 0 bridgehead atoms. The van der Waals surface area contributed by atoms with Gasteiger partial charge in [0.2, 0.25) is 0 Å². The van der Waals surface area contributed by atoms with E-state index in [4.69, 9.17) is 9.47 Å². The van der Waals surface area contributed by atoms with Gasteiger partial charge in [0, 0.05) is 6.61 Å². The molecule has 1 atom stereocenters. The van der Waals surface area contributed by atoms with Crippen molar-refractivity contribution in [1.82, 2.24) is 0 Å². The summed E-state index contributed by atoms with van der Waals surface area (Å²) in [5.41, 5.74) is 3.78. The molecular weight excluding hydrogens is 188 g/mol. The van der Waals surface area contributed by atoms with Crippen LogP contribution in [-0.4, -0.2) is 13.7 Å². The summed E-state index contributed by atoms with van der Waals surface area (Å²) in [4.78, 5) is 0. The van der Waals surface area contributed by atoms with Gasteiger partial charge in [-0.2, -0.15) is 0 Å². The van der Waals surface area contributed by atoms with Crippen molar-refractivity contribution in [3.63, 3.8) is 0 Å². The van der Waals surface area contributed by atoms with Crippen LogP contribution in [0.15, 0.2) is 12.1 Å². The molecule has 0 aliphatic carbocycles. The Labute approximate surface area is 91.2 Å². The molecule has 0 radical (unpaired) electrons. The summed E-state index contributed by atoms with van der Waals surface area (Å²) in [7, 11) is 1.72. The molecule has 1 aromatic rings. The lowest BCUT2D eigenvalue weighted by Crippen LogP contribution is -2.00. The lowest BCUT2D eigenvalue weighted by molar-refractivity contribution is 0.111. The number of hydrogen-bond donors (Lipinski definition) is 0. The minimum absolute atomic E-state index is 0.301. The van der Waals surface area contributed by atoms with E-state index < -0.39 is 0 Å². The highest BCUT2D eigenvalue weighted by atomic mass is 16.5. The summed E-state index contributed by atoms with van der Waals surface area (Å²) in [5, 5.41) is 0. The molecule has 0 amide bonds. The molecular formula is C13H18O2. The smallest absolute Gasteiger partial charge is 0.122 e. The predicted octanol–water partition coefficient (Wildman–Crippen LogP) is 3.16. The minimum Gasteiger partial charge on any atom is -0.496 e. The standard InChI is InChI=1S/C13H18O2/c1-9-8-13(14-3)10(2)7-11(9)12-5-4-6-15-12/h7-8,12H,4-6H2,1-3H3. The minimum atomic E-state index is 0.301. The number of rotatable bonds is 2. The van der Waals surface area contributed by atoms with E-state index in [2.05, 4.69) is 26.0 Å². The largest absolute Gasteiger partial charge is 0.496 e. The fraction of sp³-hybridized carbons (Fsp3) is 0.538. The molecule has 15 heavy (non-hydrogen) atoms. The van der Waals surface area contributed by atoms with Gasteiger partial charge in [-0.05, 0) is 55.5 Å². The van der Waals surface area contributed by atoms with Crippen molar-refractivity contribution >= 4 is 0 Å². The zero-order chi connectivity index (χ0) is 10.8. The van der Waals surface area contributed by atoms with Gasteiger partial charge in [-0.25, -0.2) is 0 Å². The van der Waals surface area contributed by atoms with Crippen LogP contribution < -0.4 is 4.74 Å². The molecule has 2 heteroatoms. The predicted molar refractivity (Wildman–Crippen MR) is 60.4 cm³/mol. The van der Waals surface area contributed by atoms with E-state index in [9.17, 15) is 0 Å². The molecule has 0 N–H and O–H groups in total. The number of benzene rings is 1. The van der Waals surface area contributed by atoms with Gasteiger partial charge in [0.25, 0.3) is 0 Å². The van der Waals surface area contributed by atoms with Crippen LogP contribution in [0.3, 0.4) is 0 Å². The Balaban J connectivity index is 2.35. The first-order chi connectivity index (χ1) is 7.22. The van der Waals surface area contributed by atoms with E-state index in [1.807, 2.05) is 0 Å². The summed E-state index contributed by atoms with van der Waals surface area (Å²) in [6, 6.07) is 4.30. The second-order valence-electron chi connectivity index (χ2n) is 4.18. The highest BCUT2D eigenvalue weighted by Crippen LogP contribution is 2.33. The highest BCUT2D eigenvalue weighted by Gasteiger charge is 2.20. The lowest BCUT2D eigenvalue weighted by Gasteiger charge is -2.15. The zero-order valence-corrected chi connectivity index (χ0v) is 9.67. The number of ether oxygens (including phenoxy) is 2. The molecule has 0 aromatic heterocycles. The van der Waals surface area contributed by atoms with Crippen LogP contribution in [-0.2, 0) is 4.74 Å². The fourth-order valence-corrected chi connectivity index (χ4v) is 2.20. The summed E-state index contributed by atoms with van der Waals surface area (Å²) in [6.45, 7) is 5.10. The number of aryl methyl sites for hydroxylation is 2. The topological polar surface area (TPSA) is 18.5 Å². The highest BCUT2D eigenvalue weighted by molar-refractivity contribution is 5.42. The molecule has 0 spiro atoms. The van der Waals surface area contributed by atoms with Crippen LogP contribution >= 0.6 is 0 Å². The SMILES string of the molecule is COc1cc(C)c(C2CCCO2)cc1C. The first-order valence-corrected chi connectivity index (χ1v) is 5.49. The van der Waals surface area contributed by atoms with Crippen molar-refractivity contribution in [3.8, 4) is 5.75 Å². The van der Waals surface area contributed by atoms with E-state index in [0.717, 1.165) is 18.8 Å². The molecule has 2 rings (SSSR count). The van der Waals surface area contributed by atoms with Gasteiger partial charge < -0.3 is 9.47 Å². The maximum absolute atomic E-state index is 5.71. The first kappa shape index (κ1) is 10.5. The van der Waals surface area contributed by atoms with Gasteiger partial charge in [-0.15, -0.1) is 0 Å². The van der Waals surface area contributed by atoms with Crippen LogP contribution in [0.2, 0.25) is 0 Å². The van der Waals surface area contributed by atoms with Gasteiger partial charge in [0.15, 0.2) is 0 Å². The van der Waals surface area contributed by atoms with Crippen molar-refractivity contribution in [2.24, 2.45) is 0 Å². The maximum atomic E-state index is 5.71. The van der Waals surface area contributed by atoms with Crippen LogP contribution in [0.1, 0.15) is 35.6 Å². The van der Waals surface area contributed by atoms with Crippen molar-refractivity contribution in [2.75, 3.05) is 13.7 Å². The van der Waals surface area contributed by atoms with E-state index in [0.29, 0.717) is 6.10 Å². The molecule has 1 aliphatic rings. The second-order valence-corrected chi connectivity index (χ2v) is 4.18. The van der Waals surface area contributed by atoms with Gasteiger partial charge in [-0.1, -0.05) is 0 Å². The molecule has 1 aromatic carbocycles. The van der Waals surface area contributed by atoms with Crippen LogP contribution in [0, 0.1) is 13.8 Å². The Morgan fingerprint density at radius 1 is 1.27 bits per heavy atom. The van der Waals surface area contributed by atoms with Crippen molar-refractivity contribution in [3.05, 3.63) is 28.8 Å². The quantitative estimate of drug-likeness (QED) is 0.740. The van der Waals surface area contributed by atoms with E-state index in [1.54, 1.807) is 7.11 Å². The van der Waals surface area contributed by atoms with E-state index in [1.165, 1.54) is 23.1 Å². The van der Waals surface area contributed by atoms with Crippen molar-refractivity contribution in [2.45, 2.75) is 32.8 Å². The number of methoxy groups -OCH3 is 1. The monoisotopic (exact) mass is 206 g/mol. The Bertz CT molecular complexity index is 352. The average Bonchev–Trinajstić information content (AvgIpc) is 2.74. The van der Waals surface area contributed by atoms with E-state index >= 15 is 0 Å². The van der Waals surface area contributed by atoms with Crippen molar-refractivity contribution in [1.29, 1.82) is 0 Å². The molecule has 1 aliphatic heterocycles. The third-order valence-corrected chi connectivity index (χ3v) is 3.06. The molecule has 2 nitrogen and oxygen atoms in total. The number of hydrogen-bond acceptors (Lipinski definition) is 2. The second kappa shape index (κ2) is 4.23. The Hall–Kier alpha value is -1.02. The third kappa shape index (κ3) is 2.00. The lowest BCUT2D eigenvalue weighted by atomic mass is 9.98. The van der Waals surface area contributed by atoms with Crippen molar-refractivity contribution < 1.29 is 9.47 Å². The Morgan fingerprint density at radius 2 is 2.07 bits per heavy atom. The van der Waals surface area contributed by atoms with Gasteiger partial charge in [0.05, 0.1) is 13.2 Å². The molecule has 1 fully saturated rings. The van der Waals surface area contributed by atoms with E-state index in [-0.39, 0.29) is 0 Å². The van der Waals surface area contributed by atoms with Crippen LogP contribution in [0.4, 0.5) is 0 Å². The molecule has 1 saturated heterocycles. The average molecular weight is 206 g/mol.